The van der Waals surface area contributed by atoms with Gasteiger partial charge in [-0.3, -0.25) is 9.88 Å². The van der Waals surface area contributed by atoms with Crippen LogP contribution in [0.15, 0.2) is 41.3 Å². The van der Waals surface area contributed by atoms with Gasteiger partial charge in [-0.15, -0.1) is 0 Å². The van der Waals surface area contributed by atoms with Crippen LogP contribution in [0.25, 0.3) is 0 Å². The van der Waals surface area contributed by atoms with Crippen LogP contribution in [0.3, 0.4) is 0 Å². The third-order valence-electron chi connectivity index (χ3n) is 6.54. The summed E-state index contributed by atoms with van der Waals surface area (Å²) >= 11 is 0. The number of carbonyl (C=O) groups is 1. The van der Waals surface area contributed by atoms with Crippen LogP contribution in [0, 0.1) is 13.8 Å². The van der Waals surface area contributed by atoms with Gasteiger partial charge < -0.3 is 10.6 Å². The molecule has 1 aliphatic carbocycles. The van der Waals surface area contributed by atoms with Crippen LogP contribution in [0.4, 0.5) is 23.7 Å². The largest absolute Gasteiger partial charge is 0.416 e. The maximum absolute atomic E-state index is 13.6. The standard InChI is InChI=1S/C25H32F3N5O3S/c1-17-14-20(15-18(2)30-17)31-24(34)29-11-13-32-12-4-3-8-23(32)33(21-9-10-21)37(35,36)22-7-5-6-19(16-22)25(26,27)28/h5-7,14-16,21,23H,3-4,8-13H2,1-2H3,(H2,29,30,31,34). The number of aromatic nitrogens is 1. The zero-order valence-electron chi connectivity index (χ0n) is 20.9. The molecule has 1 atom stereocenters. The maximum atomic E-state index is 13.6. The molecule has 2 N–H and O–H groups in total. The third-order valence-corrected chi connectivity index (χ3v) is 8.49. The number of carbonyl (C=O) groups excluding carboxylic acids is 1. The summed E-state index contributed by atoms with van der Waals surface area (Å²) in [6.45, 7) is 5.01. The molecule has 2 aromatic rings. The van der Waals surface area contributed by atoms with Crippen LogP contribution in [0.1, 0.15) is 49.1 Å². The third kappa shape index (κ3) is 6.79. The Balaban J connectivity index is 1.45. The molecule has 2 aliphatic rings. The Morgan fingerprint density at radius 3 is 2.46 bits per heavy atom. The number of nitrogens with zero attached hydrogens (tertiary/aromatic N) is 3. The highest BCUT2D eigenvalue weighted by Gasteiger charge is 2.45. The molecule has 2 heterocycles. The van der Waals surface area contributed by atoms with E-state index in [1.165, 1.54) is 10.4 Å². The van der Waals surface area contributed by atoms with Gasteiger partial charge in [-0.1, -0.05) is 6.07 Å². The number of anilines is 1. The predicted molar refractivity (Wildman–Crippen MR) is 133 cm³/mol. The minimum absolute atomic E-state index is 0.237. The minimum atomic E-state index is -4.63. The topological polar surface area (TPSA) is 94.6 Å². The molecule has 0 radical (unpaired) electrons. The summed E-state index contributed by atoms with van der Waals surface area (Å²) < 4.78 is 68.5. The number of alkyl halides is 3. The molecule has 1 aromatic carbocycles. The molecule has 2 fully saturated rings. The Kier molecular flexibility index (Phi) is 8.10. The van der Waals surface area contributed by atoms with Crippen molar-refractivity contribution in [1.82, 2.24) is 19.5 Å². The molecule has 1 saturated carbocycles. The van der Waals surface area contributed by atoms with Crippen LogP contribution < -0.4 is 10.6 Å². The average molecular weight is 540 g/mol. The molecule has 12 heteroatoms. The SMILES string of the molecule is Cc1cc(NC(=O)NCCN2CCCCC2N(C2CC2)S(=O)(=O)c2cccc(C(F)(F)F)c2)cc(C)n1. The van der Waals surface area contributed by atoms with E-state index in [1.54, 1.807) is 12.1 Å². The van der Waals surface area contributed by atoms with Crippen molar-refractivity contribution in [2.24, 2.45) is 0 Å². The van der Waals surface area contributed by atoms with Gasteiger partial charge in [0.2, 0.25) is 10.0 Å². The van der Waals surface area contributed by atoms with E-state index in [0.29, 0.717) is 44.1 Å². The van der Waals surface area contributed by atoms with Crippen molar-refractivity contribution in [3.8, 4) is 0 Å². The molecule has 37 heavy (non-hydrogen) atoms. The molecular weight excluding hydrogens is 507 g/mol. The summed E-state index contributed by atoms with van der Waals surface area (Å²) in [5.74, 6) is 0. The minimum Gasteiger partial charge on any atom is -0.337 e. The molecule has 202 valence electrons. The zero-order chi connectivity index (χ0) is 26.8. The highest BCUT2D eigenvalue weighted by atomic mass is 32.2. The fourth-order valence-corrected chi connectivity index (χ4v) is 6.73. The van der Waals surface area contributed by atoms with E-state index in [0.717, 1.165) is 36.4 Å². The number of benzene rings is 1. The highest BCUT2D eigenvalue weighted by Crippen LogP contribution is 2.38. The molecule has 1 unspecified atom stereocenters. The number of sulfonamides is 1. The predicted octanol–water partition coefficient (Wildman–Crippen LogP) is 4.50. The molecule has 0 bridgehead atoms. The second kappa shape index (κ2) is 11.0. The van der Waals surface area contributed by atoms with E-state index >= 15 is 0 Å². The lowest BCUT2D eigenvalue weighted by Crippen LogP contribution is -2.55. The van der Waals surface area contributed by atoms with Crippen LogP contribution in [0.2, 0.25) is 0 Å². The number of halogens is 3. The Morgan fingerprint density at radius 1 is 1.11 bits per heavy atom. The van der Waals surface area contributed by atoms with E-state index in [2.05, 4.69) is 15.6 Å². The second-order valence-electron chi connectivity index (χ2n) is 9.62. The second-order valence-corrected chi connectivity index (χ2v) is 11.5. The first kappa shape index (κ1) is 27.3. The first-order valence-electron chi connectivity index (χ1n) is 12.4. The Hall–Kier alpha value is -2.70. The number of pyridine rings is 1. The van der Waals surface area contributed by atoms with Gasteiger partial charge in [-0.05, 0) is 82.8 Å². The molecular formula is C25H32F3N5O3S. The van der Waals surface area contributed by atoms with Crippen molar-refractivity contribution < 1.29 is 26.4 Å². The molecule has 4 rings (SSSR count). The van der Waals surface area contributed by atoms with Crippen molar-refractivity contribution in [1.29, 1.82) is 0 Å². The summed E-state index contributed by atoms with van der Waals surface area (Å²) in [4.78, 5) is 18.3. The lowest BCUT2D eigenvalue weighted by Gasteiger charge is -2.42. The number of rotatable bonds is 8. The van der Waals surface area contributed by atoms with Crippen LogP contribution in [-0.2, 0) is 16.2 Å². The van der Waals surface area contributed by atoms with Crippen molar-refractivity contribution in [2.75, 3.05) is 25.0 Å². The molecule has 0 spiro atoms. The van der Waals surface area contributed by atoms with Gasteiger partial charge in [0.05, 0.1) is 16.6 Å². The Morgan fingerprint density at radius 2 is 1.81 bits per heavy atom. The van der Waals surface area contributed by atoms with E-state index in [-0.39, 0.29) is 23.5 Å². The van der Waals surface area contributed by atoms with Crippen molar-refractivity contribution in [2.45, 2.75) is 69.2 Å². The summed E-state index contributed by atoms with van der Waals surface area (Å²) in [5, 5.41) is 5.59. The lowest BCUT2D eigenvalue weighted by molar-refractivity contribution is -0.137. The molecule has 8 nitrogen and oxygen atoms in total. The number of hydrogen-bond acceptors (Lipinski definition) is 5. The highest BCUT2D eigenvalue weighted by molar-refractivity contribution is 7.89. The monoisotopic (exact) mass is 539 g/mol. The van der Waals surface area contributed by atoms with Crippen molar-refractivity contribution >= 4 is 21.7 Å². The zero-order valence-corrected chi connectivity index (χ0v) is 21.7. The Labute approximate surface area is 215 Å². The van der Waals surface area contributed by atoms with Crippen LogP contribution in [0.5, 0.6) is 0 Å². The van der Waals surface area contributed by atoms with Crippen molar-refractivity contribution in [3.05, 3.63) is 53.3 Å². The lowest BCUT2D eigenvalue weighted by atomic mass is 10.1. The van der Waals surface area contributed by atoms with Crippen molar-refractivity contribution in [3.63, 3.8) is 0 Å². The van der Waals surface area contributed by atoms with Crippen LogP contribution >= 0.6 is 0 Å². The number of aryl methyl sites for hydroxylation is 2. The first-order valence-corrected chi connectivity index (χ1v) is 13.8. The van der Waals surface area contributed by atoms with Gasteiger partial charge in [0, 0.05) is 36.2 Å². The molecule has 1 saturated heterocycles. The number of nitrogens with one attached hydrogen (secondary N) is 2. The van der Waals surface area contributed by atoms with Gasteiger partial charge in [-0.2, -0.15) is 17.5 Å². The van der Waals surface area contributed by atoms with E-state index in [1.807, 2.05) is 18.7 Å². The Bertz CT molecular complexity index is 1210. The number of hydrogen-bond donors (Lipinski definition) is 2. The van der Waals surface area contributed by atoms with Gasteiger partial charge in [-0.25, -0.2) is 13.2 Å². The molecule has 1 aromatic heterocycles. The van der Waals surface area contributed by atoms with E-state index in [4.69, 9.17) is 0 Å². The normalized spacial score (nSPS) is 19.1. The smallest absolute Gasteiger partial charge is 0.337 e. The summed E-state index contributed by atoms with van der Waals surface area (Å²) in [6.07, 6.45) is -1.49. The molecule has 2 amide bonds. The summed E-state index contributed by atoms with van der Waals surface area (Å²) in [5.41, 5.74) is 1.22. The number of amides is 2. The molecule has 1 aliphatic heterocycles. The first-order chi connectivity index (χ1) is 17.4. The number of urea groups is 1. The summed E-state index contributed by atoms with van der Waals surface area (Å²) in [6, 6.07) is 6.85. The quantitative estimate of drug-likeness (QED) is 0.515. The van der Waals surface area contributed by atoms with Gasteiger partial charge in [0.1, 0.15) is 0 Å². The van der Waals surface area contributed by atoms with Gasteiger partial charge in [0.25, 0.3) is 0 Å². The van der Waals surface area contributed by atoms with Gasteiger partial charge in [0.15, 0.2) is 0 Å². The van der Waals surface area contributed by atoms with Crippen LogP contribution in [-0.4, -0.2) is 60.5 Å². The average Bonchev–Trinajstić information content (AvgIpc) is 3.64. The number of piperidine rings is 1. The van der Waals surface area contributed by atoms with E-state index < -0.39 is 27.9 Å². The van der Waals surface area contributed by atoms with Gasteiger partial charge >= 0.3 is 12.2 Å². The fourth-order valence-electron chi connectivity index (χ4n) is 4.80. The fraction of sp³-hybridized carbons (Fsp3) is 0.520. The summed E-state index contributed by atoms with van der Waals surface area (Å²) in [7, 11) is -4.16. The van der Waals surface area contributed by atoms with E-state index in [9.17, 15) is 26.4 Å². The maximum Gasteiger partial charge on any atom is 0.416 e. The number of likely N-dealkylation sites (tertiary alicyclic amines) is 1.